The Morgan fingerprint density at radius 3 is 2.67 bits per heavy atom. The summed E-state index contributed by atoms with van der Waals surface area (Å²) >= 11 is 0. The molecule has 6 nitrogen and oxygen atoms in total. The Balaban J connectivity index is 0.00000161. The van der Waals surface area contributed by atoms with Crippen molar-refractivity contribution in [2.24, 2.45) is 11.8 Å². The Morgan fingerprint density at radius 2 is 2.05 bits per heavy atom. The van der Waals surface area contributed by atoms with E-state index in [1.54, 1.807) is 18.3 Å². The molecular formula is C14H20ClN3O3. The van der Waals surface area contributed by atoms with Crippen LogP contribution in [-0.2, 0) is 11.3 Å². The van der Waals surface area contributed by atoms with Crippen molar-refractivity contribution < 1.29 is 9.53 Å². The van der Waals surface area contributed by atoms with Gasteiger partial charge in [0.2, 0.25) is 5.91 Å². The van der Waals surface area contributed by atoms with Gasteiger partial charge in [-0.15, -0.1) is 12.4 Å². The molecule has 1 N–H and O–H groups in total. The van der Waals surface area contributed by atoms with Crippen LogP contribution in [0.4, 0.5) is 0 Å². The zero-order valence-corrected chi connectivity index (χ0v) is 12.8. The van der Waals surface area contributed by atoms with Crippen LogP contribution >= 0.6 is 12.4 Å². The molecule has 2 atom stereocenters. The Labute approximate surface area is 129 Å². The van der Waals surface area contributed by atoms with E-state index in [2.05, 4.69) is 5.32 Å². The molecule has 2 saturated heterocycles. The highest BCUT2D eigenvalue weighted by Gasteiger charge is 2.37. The van der Waals surface area contributed by atoms with Gasteiger partial charge in [-0.2, -0.15) is 0 Å². The van der Waals surface area contributed by atoms with Crippen molar-refractivity contribution >= 4 is 18.3 Å². The van der Waals surface area contributed by atoms with Crippen LogP contribution in [0, 0.1) is 11.8 Å². The highest BCUT2D eigenvalue weighted by Crippen LogP contribution is 2.26. The van der Waals surface area contributed by atoms with Gasteiger partial charge in [-0.05, 0) is 24.0 Å². The zero-order valence-electron chi connectivity index (χ0n) is 11.9. The average molecular weight is 314 g/mol. The van der Waals surface area contributed by atoms with E-state index in [1.807, 2.05) is 4.90 Å². The second kappa shape index (κ2) is 6.49. The number of ether oxygens (including phenoxy) is 1. The summed E-state index contributed by atoms with van der Waals surface area (Å²) in [4.78, 5) is 26.2. The van der Waals surface area contributed by atoms with Crippen LogP contribution in [0.2, 0.25) is 0 Å². The first-order valence-corrected chi connectivity index (χ1v) is 6.91. The maximum Gasteiger partial charge on any atom is 0.293 e. The van der Waals surface area contributed by atoms with Crippen LogP contribution in [0.15, 0.2) is 23.1 Å². The maximum absolute atomic E-state index is 12.3. The minimum Gasteiger partial charge on any atom is -0.491 e. The lowest BCUT2D eigenvalue weighted by atomic mass is 10.0. The summed E-state index contributed by atoms with van der Waals surface area (Å²) in [6.07, 6.45) is 1.63. The van der Waals surface area contributed by atoms with Crippen molar-refractivity contribution in [1.29, 1.82) is 0 Å². The molecule has 21 heavy (non-hydrogen) atoms. The van der Waals surface area contributed by atoms with Gasteiger partial charge in [-0.1, -0.05) is 0 Å². The van der Waals surface area contributed by atoms with Gasteiger partial charge >= 0.3 is 0 Å². The van der Waals surface area contributed by atoms with Crippen LogP contribution < -0.4 is 15.6 Å². The fourth-order valence-corrected chi connectivity index (χ4v) is 3.10. The standard InChI is InChI=1S/C14H19N3O3.ClH/c1-20-12-3-2-4-16(14(12)19)9-13(18)17-7-10-5-15-6-11(10)8-17;/h2-4,10-11,15H,5-9H2,1H3;1H/t10-,11+;. The third-order valence-corrected chi connectivity index (χ3v) is 4.25. The number of fused-ring (bicyclic) bond motifs is 1. The molecule has 0 bridgehead atoms. The molecule has 0 aliphatic carbocycles. The number of hydrogen-bond donors (Lipinski definition) is 1. The van der Waals surface area contributed by atoms with E-state index in [9.17, 15) is 9.59 Å². The molecule has 0 spiro atoms. The number of rotatable bonds is 3. The SMILES string of the molecule is COc1cccn(CC(=O)N2C[C@H]3CNC[C@H]3C2)c1=O.Cl. The predicted molar refractivity (Wildman–Crippen MR) is 80.9 cm³/mol. The molecule has 2 aliphatic heterocycles. The number of likely N-dealkylation sites (tertiary alicyclic amines) is 1. The van der Waals surface area contributed by atoms with Crippen molar-refractivity contribution in [3.05, 3.63) is 28.7 Å². The van der Waals surface area contributed by atoms with Gasteiger partial charge in [0.25, 0.3) is 5.56 Å². The molecule has 2 aliphatic rings. The number of pyridine rings is 1. The molecule has 116 valence electrons. The van der Waals surface area contributed by atoms with E-state index in [4.69, 9.17) is 4.74 Å². The molecule has 2 fully saturated rings. The van der Waals surface area contributed by atoms with E-state index >= 15 is 0 Å². The molecule has 1 aromatic rings. The highest BCUT2D eigenvalue weighted by atomic mass is 35.5. The number of methoxy groups -OCH3 is 1. The van der Waals surface area contributed by atoms with Crippen molar-refractivity contribution in [2.75, 3.05) is 33.3 Å². The number of hydrogen-bond acceptors (Lipinski definition) is 4. The van der Waals surface area contributed by atoms with E-state index in [0.717, 1.165) is 26.2 Å². The quantitative estimate of drug-likeness (QED) is 0.850. The number of nitrogens with zero attached hydrogens (tertiary/aromatic N) is 2. The van der Waals surface area contributed by atoms with Gasteiger partial charge in [-0.25, -0.2) is 0 Å². The molecule has 0 unspecified atom stereocenters. The number of carbonyl (C=O) groups excluding carboxylic acids is 1. The summed E-state index contributed by atoms with van der Waals surface area (Å²) in [5, 5.41) is 3.35. The minimum atomic E-state index is -0.260. The maximum atomic E-state index is 12.3. The summed E-state index contributed by atoms with van der Waals surface area (Å²) in [7, 11) is 1.46. The largest absolute Gasteiger partial charge is 0.491 e. The van der Waals surface area contributed by atoms with E-state index < -0.39 is 0 Å². The Morgan fingerprint density at radius 1 is 1.38 bits per heavy atom. The molecule has 1 amide bonds. The van der Waals surface area contributed by atoms with Crippen molar-refractivity contribution in [1.82, 2.24) is 14.8 Å². The lowest BCUT2D eigenvalue weighted by Crippen LogP contribution is -2.36. The number of halogens is 1. The first kappa shape index (κ1) is 15.9. The third kappa shape index (κ3) is 3.06. The fourth-order valence-electron chi connectivity index (χ4n) is 3.10. The molecule has 1 aromatic heterocycles. The molecule has 3 rings (SSSR count). The smallest absolute Gasteiger partial charge is 0.293 e. The molecule has 7 heteroatoms. The summed E-state index contributed by atoms with van der Waals surface area (Å²) in [6, 6.07) is 3.32. The molecule has 0 radical (unpaired) electrons. The molecule has 0 aromatic carbocycles. The molecule has 3 heterocycles. The number of carbonyl (C=O) groups is 1. The van der Waals surface area contributed by atoms with Crippen LogP contribution in [-0.4, -0.2) is 48.7 Å². The number of aromatic nitrogens is 1. The van der Waals surface area contributed by atoms with Crippen molar-refractivity contribution in [3.8, 4) is 5.75 Å². The minimum absolute atomic E-state index is 0. The Hall–Kier alpha value is -1.53. The van der Waals surface area contributed by atoms with E-state index in [1.165, 1.54) is 11.7 Å². The van der Waals surface area contributed by atoms with Crippen molar-refractivity contribution in [3.63, 3.8) is 0 Å². The Bertz CT molecular complexity index is 563. The Kier molecular flexibility index (Phi) is 4.90. The highest BCUT2D eigenvalue weighted by molar-refractivity contribution is 5.85. The topological polar surface area (TPSA) is 63.6 Å². The lowest BCUT2D eigenvalue weighted by Gasteiger charge is -2.18. The van der Waals surface area contributed by atoms with E-state index in [0.29, 0.717) is 11.8 Å². The van der Waals surface area contributed by atoms with Crippen LogP contribution in [0.25, 0.3) is 0 Å². The van der Waals surface area contributed by atoms with Gasteiger partial charge < -0.3 is 19.5 Å². The van der Waals surface area contributed by atoms with Crippen molar-refractivity contribution in [2.45, 2.75) is 6.54 Å². The van der Waals surface area contributed by atoms with Gasteiger partial charge in [0.1, 0.15) is 6.54 Å². The van der Waals surface area contributed by atoms with Crippen LogP contribution in [0.5, 0.6) is 5.75 Å². The van der Waals surface area contributed by atoms with Gasteiger partial charge in [0.15, 0.2) is 5.75 Å². The molecular weight excluding hydrogens is 294 g/mol. The number of nitrogens with one attached hydrogen (secondary N) is 1. The van der Waals surface area contributed by atoms with Gasteiger partial charge in [-0.3, -0.25) is 9.59 Å². The summed E-state index contributed by atoms with van der Waals surface area (Å²) in [5.41, 5.74) is -0.260. The third-order valence-electron chi connectivity index (χ3n) is 4.25. The van der Waals surface area contributed by atoms with Crippen LogP contribution in [0.3, 0.4) is 0 Å². The lowest BCUT2D eigenvalue weighted by molar-refractivity contribution is -0.131. The van der Waals surface area contributed by atoms with Gasteiger partial charge in [0.05, 0.1) is 7.11 Å². The summed E-state index contributed by atoms with van der Waals surface area (Å²) in [6.45, 7) is 3.68. The first-order chi connectivity index (χ1) is 9.69. The fraction of sp³-hybridized carbons (Fsp3) is 0.571. The average Bonchev–Trinajstić information content (AvgIpc) is 3.02. The molecule has 0 saturated carbocycles. The number of amides is 1. The monoisotopic (exact) mass is 313 g/mol. The second-order valence-corrected chi connectivity index (χ2v) is 5.49. The second-order valence-electron chi connectivity index (χ2n) is 5.49. The predicted octanol–water partition coefficient (Wildman–Crippen LogP) is -0.0435. The normalized spacial score (nSPS) is 23.6. The first-order valence-electron chi connectivity index (χ1n) is 6.91. The summed E-state index contributed by atoms with van der Waals surface area (Å²) < 4.78 is 6.40. The summed E-state index contributed by atoms with van der Waals surface area (Å²) in [5.74, 6) is 1.42. The van der Waals surface area contributed by atoms with Crippen LogP contribution in [0.1, 0.15) is 0 Å². The zero-order chi connectivity index (χ0) is 14.1. The van der Waals surface area contributed by atoms with Gasteiger partial charge in [0, 0.05) is 32.4 Å². The van der Waals surface area contributed by atoms with E-state index in [-0.39, 0.29) is 36.2 Å².